The number of amides is 1. The van der Waals surface area contributed by atoms with Gasteiger partial charge in [-0.3, -0.25) is 4.79 Å². The third-order valence-electron chi connectivity index (χ3n) is 7.72. The molecule has 1 saturated heterocycles. The van der Waals surface area contributed by atoms with Gasteiger partial charge in [-0.2, -0.15) is 0 Å². The van der Waals surface area contributed by atoms with Gasteiger partial charge in [0.1, 0.15) is 23.3 Å². The maximum Gasteiger partial charge on any atom is 0.246 e. The molecule has 8 heteroatoms. The zero-order valence-corrected chi connectivity index (χ0v) is 22.2. The summed E-state index contributed by atoms with van der Waals surface area (Å²) in [5.74, 6) is 1.65. The van der Waals surface area contributed by atoms with Crippen LogP contribution >= 0.6 is 11.6 Å². The quantitative estimate of drug-likeness (QED) is 0.463. The van der Waals surface area contributed by atoms with E-state index in [9.17, 15) is 9.18 Å². The van der Waals surface area contributed by atoms with E-state index in [2.05, 4.69) is 29.9 Å². The van der Waals surface area contributed by atoms with Crippen molar-refractivity contribution >= 4 is 29.2 Å². The lowest BCUT2D eigenvalue weighted by Crippen LogP contribution is -2.60. The average Bonchev–Trinajstić information content (AvgIpc) is 2.90. The highest BCUT2D eigenvalue weighted by Gasteiger charge is 2.38. The Morgan fingerprint density at radius 2 is 1.84 bits per heavy atom. The molecule has 37 heavy (non-hydrogen) atoms. The minimum absolute atomic E-state index is 0.00532. The van der Waals surface area contributed by atoms with Crippen molar-refractivity contribution in [2.75, 3.05) is 18.0 Å². The van der Waals surface area contributed by atoms with Crippen molar-refractivity contribution in [1.29, 1.82) is 0 Å². The molecule has 2 atom stereocenters. The standard InChI is InChI=1S/C29H33ClFN5O/c1-5-26(37)34-16-19(3)35(17-18(34)2)28-23-15-24(30)27(22-13-9-10-14-25(22)31)33-29(23)36(20(4)32-28)21-11-7-6-8-12-21/h5,9-10,13-15,18-19,21H,1,4,6-8,11-12,16-17H2,2-3H3. The van der Waals surface area contributed by atoms with Gasteiger partial charge in [0.25, 0.3) is 0 Å². The van der Waals surface area contributed by atoms with Gasteiger partial charge in [-0.25, -0.2) is 14.4 Å². The van der Waals surface area contributed by atoms with E-state index in [0.717, 1.165) is 37.1 Å². The Balaban J connectivity index is 1.61. The van der Waals surface area contributed by atoms with Crippen LogP contribution in [0.15, 0.2) is 60.4 Å². The Hall–Kier alpha value is -3.19. The molecule has 1 aromatic heterocycles. The number of hydrogen-bond acceptors (Lipinski definition) is 5. The fourth-order valence-corrected chi connectivity index (χ4v) is 6.07. The van der Waals surface area contributed by atoms with Crippen LogP contribution < -0.4 is 4.90 Å². The van der Waals surface area contributed by atoms with Crippen LogP contribution in [0.2, 0.25) is 5.02 Å². The number of carbonyl (C=O) groups excluding carboxylic acids is 1. The number of halogens is 2. The summed E-state index contributed by atoms with van der Waals surface area (Å²) in [6, 6.07) is 8.64. The number of amidine groups is 1. The molecular weight excluding hydrogens is 489 g/mol. The first kappa shape index (κ1) is 25.5. The lowest BCUT2D eigenvalue weighted by atomic mass is 9.93. The molecule has 6 nitrogen and oxygen atoms in total. The van der Waals surface area contributed by atoms with Crippen LogP contribution in [0.25, 0.3) is 11.3 Å². The van der Waals surface area contributed by atoms with Crippen LogP contribution in [0.3, 0.4) is 0 Å². The molecule has 1 saturated carbocycles. The number of fused-ring (bicyclic) bond motifs is 1. The Bertz CT molecular complexity index is 1270. The molecule has 5 rings (SSSR count). The molecule has 0 bridgehead atoms. The van der Waals surface area contributed by atoms with Gasteiger partial charge in [0, 0.05) is 36.8 Å². The number of carbonyl (C=O) groups is 1. The molecule has 0 N–H and O–H groups in total. The van der Waals surface area contributed by atoms with E-state index < -0.39 is 0 Å². The van der Waals surface area contributed by atoms with Crippen molar-refractivity contribution in [3.05, 3.63) is 71.8 Å². The number of aromatic nitrogens is 1. The second-order valence-electron chi connectivity index (χ2n) is 10.2. The Morgan fingerprint density at radius 1 is 1.11 bits per heavy atom. The zero-order valence-electron chi connectivity index (χ0n) is 21.5. The number of piperazine rings is 1. The predicted octanol–water partition coefficient (Wildman–Crippen LogP) is 6.02. The predicted molar refractivity (Wildman–Crippen MR) is 147 cm³/mol. The molecule has 1 amide bonds. The maximum absolute atomic E-state index is 14.8. The largest absolute Gasteiger partial charge is 0.349 e. The highest BCUT2D eigenvalue weighted by atomic mass is 35.5. The number of anilines is 1. The Kier molecular flexibility index (Phi) is 7.08. The van der Waals surface area contributed by atoms with Gasteiger partial charge in [0.05, 0.1) is 16.3 Å². The highest BCUT2D eigenvalue weighted by Crippen LogP contribution is 2.40. The molecule has 0 radical (unpaired) electrons. The van der Waals surface area contributed by atoms with Crippen LogP contribution in [0.4, 0.5) is 10.2 Å². The summed E-state index contributed by atoms with van der Waals surface area (Å²) in [6.07, 6.45) is 6.92. The number of aliphatic imine (C=N–C) groups is 1. The summed E-state index contributed by atoms with van der Waals surface area (Å²) in [7, 11) is 0. The van der Waals surface area contributed by atoms with Crippen LogP contribution in [-0.4, -0.2) is 57.7 Å². The first-order valence-corrected chi connectivity index (χ1v) is 13.4. The van der Waals surface area contributed by atoms with Crippen LogP contribution in [0, 0.1) is 5.82 Å². The number of hydrogen-bond donors (Lipinski definition) is 0. The van der Waals surface area contributed by atoms with Crippen molar-refractivity contribution < 1.29 is 9.18 Å². The van der Waals surface area contributed by atoms with Crippen molar-refractivity contribution in [3.63, 3.8) is 0 Å². The molecule has 3 aliphatic rings. The fraction of sp³-hybridized carbons (Fsp3) is 0.414. The molecule has 194 valence electrons. The van der Waals surface area contributed by atoms with Crippen molar-refractivity contribution in [2.45, 2.75) is 64.1 Å². The van der Waals surface area contributed by atoms with Gasteiger partial charge in [-0.15, -0.1) is 0 Å². The number of rotatable bonds is 3. The van der Waals surface area contributed by atoms with E-state index in [-0.39, 0.29) is 29.8 Å². The van der Waals surface area contributed by atoms with Gasteiger partial charge in [0.2, 0.25) is 5.91 Å². The molecular formula is C29H33ClFN5O. The first-order valence-electron chi connectivity index (χ1n) is 13.0. The van der Waals surface area contributed by atoms with Crippen LogP contribution in [-0.2, 0) is 4.79 Å². The lowest BCUT2D eigenvalue weighted by molar-refractivity contribution is -0.130. The number of pyridine rings is 1. The number of nitrogens with zero attached hydrogens (tertiary/aromatic N) is 5. The summed E-state index contributed by atoms with van der Waals surface area (Å²) >= 11 is 6.78. The monoisotopic (exact) mass is 521 g/mol. The molecule has 0 spiro atoms. The van der Waals surface area contributed by atoms with E-state index in [1.54, 1.807) is 18.2 Å². The Labute approximate surface area is 223 Å². The summed E-state index contributed by atoms with van der Waals surface area (Å²) in [4.78, 5) is 28.6. The number of benzene rings is 1. The summed E-state index contributed by atoms with van der Waals surface area (Å²) in [6.45, 7) is 13.3. The SMILES string of the molecule is C=CC(=O)N1CC(C)N(C2=NC(=C)N(C3CCCCC3)c3nc(-c4ccccc4F)c(Cl)cc32)CC1C. The topological polar surface area (TPSA) is 52.0 Å². The Morgan fingerprint density at radius 3 is 2.54 bits per heavy atom. The van der Waals surface area contributed by atoms with Gasteiger partial charge in [0.15, 0.2) is 0 Å². The van der Waals surface area contributed by atoms with E-state index in [1.807, 2.05) is 17.9 Å². The summed E-state index contributed by atoms with van der Waals surface area (Å²) in [5, 5.41) is 0.369. The van der Waals surface area contributed by atoms with Gasteiger partial charge >= 0.3 is 0 Å². The van der Waals surface area contributed by atoms with Gasteiger partial charge < -0.3 is 14.7 Å². The highest BCUT2D eigenvalue weighted by molar-refractivity contribution is 6.33. The smallest absolute Gasteiger partial charge is 0.246 e. The molecule has 1 aromatic carbocycles. The summed E-state index contributed by atoms with van der Waals surface area (Å²) in [5.41, 5.74) is 1.59. The molecule has 1 aliphatic carbocycles. The second kappa shape index (κ2) is 10.3. The van der Waals surface area contributed by atoms with E-state index in [1.165, 1.54) is 18.6 Å². The van der Waals surface area contributed by atoms with Crippen molar-refractivity contribution in [2.24, 2.45) is 4.99 Å². The lowest BCUT2D eigenvalue weighted by Gasteiger charge is -2.47. The first-order chi connectivity index (χ1) is 17.8. The molecule has 2 fully saturated rings. The zero-order chi connectivity index (χ0) is 26.3. The van der Waals surface area contributed by atoms with Gasteiger partial charge in [-0.05, 0) is 51.0 Å². The van der Waals surface area contributed by atoms with Crippen LogP contribution in [0.5, 0.6) is 0 Å². The van der Waals surface area contributed by atoms with E-state index in [4.69, 9.17) is 21.6 Å². The van der Waals surface area contributed by atoms with E-state index in [0.29, 0.717) is 41.0 Å². The summed E-state index contributed by atoms with van der Waals surface area (Å²) < 4.78 is 14.8. The van der Waals surface area contributed by atoms with Crippen LogP contribution in [0.1, 0.15) is 51.5 Å². The normalized spacial score (nSPS) is 22.5. The third-order valence-corrected chi connectivity index (χ3v) is 8.01. The van der Waals surface area contributed by atoms with Crippen molar-refractivity contribution in [1.82, 2.24) is 14.8 Å². The second-order valence-corrected chi connectivity index (χ2v) is 10.6. The van der Waals surface area contributed by atoms with E-state index >= 15 is 0 Å². The minimum atomic E-state index is -0.366. The fourth-order valence-electron chi connectivity index (χ4n) is 5.82. The molecule has 2 unspecified atom stereocenters. The molecule has 3 heterocycles. The molecule has 2 aliphatic heterocycles. The maximum atomic E-state index is 14.8. The van der Waals surface area contributed by atoms with Crippen molar-refractivity contribution in [3.8, 4) is 11.3 Å². The third kappa shape index (κ3) is 4.65. The average molecular weight is 522 g/mol. The molecule has 2 aromatic rings. The minimum Gasteiger partial charge on any atom is -0.349 e. The van der Waals surface area contributed by atoms with Gasteiger partial charge in [-0.1, -0.05) is 56.2 Å².